The van der Waals surface area contributed by atoms with Crippen LogP contribution in [0.4, 0.5) is 4.39 Å². The molecule has 0 atom stereocenters. The van der Waals surface area contributed by atoms with E-state index >= 15 is 0 Å². The number of halogens is 1. The fourth-order valence-electron chi connectivity index (χ4n) is 5.54. The van der Waals surface area contributed by atoms with Crippen LogP contribution < -0.4 is 10.1 Å². The van der Waals surface area contributed by atoms with E-state index in [0.29, 0.717) is 6.61 Å². The van der Waals surface area contributed by atoms with E-state index in [-0.39, 0.29) is 5.82 Å². The van der Waals surface area contributed by atoms with E-state index in [2.05, 4.69) is 76.9 Å². The molecule has 1 aliphatic heterocycles. The minimum atomic E-state index is -0.225. The quantitative estimate of drug-likeness (QED) is 0.201. The van der Waals surface area contributed by atoms with E-state index in [1.54, 1.807) is 12.1 Å². The van der Waals surface area contributed by atoms with Crippen LogP contribution in [-0.2, 0) is 19.6 Å². The van der Waals surface area contributed by atoms with Crippen molar-refractivity contribution in [2.75, 3.05) is 26.2 Å². The second-order valence-corrected chi connectivity index (χ2v) is 10.5. The number of fused-ring (bicyclic) bond motifs is 1. The van der Waals surface area contributed by atoms with Gasteiger partial charge < -0.3 is 15.0 Å². The molecule has 0 bridgehead atoms. The molecule has 4 heteroatoms. The van der Waals surface area contributed by atoms with Crippen molar-refractivity contribution >= 4 is 10.8 Å². The monoisotopic (exact) mass is 510 g/mol. The molecule has 0 aromatic heterocycles. The van der Waals surface area contributed by atoms with Gasteiger partial charge >= 0.3 is 0 Å². The van der Waals surface area contributed by atoms with Gasteiger partial charge in [-0.15, -0.1) is 0 Å². The van der Waals surface area contributed by atoms with Gasteiger partial charge in [0.25, 0.3) is 0 Å². The largest absolute Gasteiger partial charge is 0.489 e. The van der Waals surface area contributed by atoms with Crippen LogP contribution in [0.2, 0.25) is 0 Å². The van der Waals surface area contributed by atoms with Crippen LogP contribution in [0.25, 0.3) is 10.8 Å². The molecule has 4 aromatic carbocycles. The maximum absolute atomic E-state index is 13.3. The van der Waals surface area contributed by atoms with E-state index < -0.39 is 0 Å². The number of nitrogens with zero attached hydrogens (tertiary/aromatic N) is 1. The Bertz CT molecular complexity index is 1270. The Hall–Kier alpha value is -3.21. The molecule has 1 heterocycles. The Balaban J connectivity index is 1.06. The first-order valence-corrected chi connectivity index (χ1v) is 14.1. The van der Waals surface area contributed by atoms with Crippen molar-refractivity contribution in [2.24, 2.45) is 5.92 Å². The second-order valence-electron chi connectivity index (χ2n) is 10.5. The van der Waals surface area contributed by atoms with Crippen LogP contribution in [-0.4, -0.2) is 31.1 Å². The lowest BCUT2D eigenvalue weighted by Crippen LogP contribution is -2.35. The predicted molar refractivity (Wildman–Crippen MR) is 155 cm³/mol. The molecular formula is C34H39FN2O. The Morgan fingerprint density at radius 1 is 0.789 bits per heavy atom. The third-order valence-corrected chi connectivity index (χ3v) is 7.76. The van der Waals surface area contributed by atoms with Gasteiger partial charge in [-0.25, -0.2) is 4.39 Å². The molecule has 0 aliphatic carbocycles. The standard InChI is InChI=1S/C34H39FN2O/c35-31-15-12-29(13-16-31)26-38-34-17-14-30-10-4-5-11-32(30)33(34)25-36-20-6-7-21-37-22-18-28(19-23-37)24-27-8-2-1-3-9-27/h1-5,8-17,28,36H,6-7,18-26H2. The Morgan fingerprint density at radius 3 is 2.37 bits per heavy atom. The van der Waals surface area contributed by atoms with Gasteiger partial charge in [-0.2, -0.15) is 0 Å². The van der Waals surface area contributed by atoms with E-state index in [9.17, 15) is 4.39 Å². The van der Waals surface area contributed by atoms with Crippen LogP contribution in [0.1, 0.15) is 42.4 Å². The number of hydrogen-bond acceptors (Lipinski definition) is 3. The minimum absolute atomic E-state index is 0.225. The maximum atomic E-state index is 13.3. The average Bonchev–Trinajstić information content (AvgIpc) is 2.96. The summed E-state index contributed by atoms with van der Waals surface area (Å²) >= 11 is 0. The highest BCUT2D eigenvalue weighted by Gasteiger charge is 2.19. The lowest BCUT2D eigenvalue weighted by Gasteiger charge is -2.32. The van der Waals surface area contributed by atoms with Crippen molar-refractivity contribution in [3.8, 4) is 5.75 Å². The Morgan fingerprint density at radius 2 is 1.55 bits per heavy atom. The number of hydrogen-bond donors (Lipinski definition) is 1. The van der Waals surface area contributed by atoms with Crippen LogP contribution in [0.5, 0.6) is 5.75 Å². The summed E-state index contributed by atoms with van der Waals surface area (Å²) < 4.78 is 19.5. The van der Waals surface area contributed by atoms with Gasteiger partial charge in [-0.05, 0) is 104 Å². The molecule has 1 N–H and O–H groups in total. The minimum Gasteiger partial charge on any atom is -0.489 e. The summed E-state index contributed by atoms with van der Waals surface area (Å²) in [6, 6.07) is 30.1. The number of ether oxygens (including phenoxy) is 1. The van der Waals surface area contributed by atoms with Gasteiger partial charge in [-0.1, -0.05) is 72.8 Å². The SMILES string of the molecule is Fc1ccc(COc2ccc3ccccc3c2CNCCCCN2CCC(Cc3ccccc3)CC2)cc1. The molecule has 38 heavy (non-hydrogen) atoms. The number of nitrogens with one attached hydrogen (secondary N) is 1. The van der Waals surface area contributed by atoms with Crippen LogP contribution in [0.15, 0.2) is 91.0 Å². The first kappa shape index (κ1) is 26.4. The third-order valence-electron chi connectivity index (χ3n) is 7.76. The lowest BCUT2D eigenvalue weighted by atomic mass is 9.90. The predicted octanol–water partition coefficient (Wildman–Crippen LogP) is 7.38. The van der Waals surface area contributed by atoms with Crippen molar-refractivity contribution in [2.45, 2.75) is 45.3 Å². The molecule has 198 valence electrons. The van der Waals surface area contributed by atoms with Crippen LogP contribution >= 0.6 is 0 Å². The van der Waals surface area contributed by atoms with Crippen molar-refractivity contribution in [3.05, 3.63) is 114 Å². The zero-order chi connectivity index (χ0) is 26.0. The summed E-state index contributed by atoms with van der Waals surface area (Å²) in [4.78, 5) is 2.65. The molecule has 4 aromatic rings. The van der Waals surface area contributed by atoms with Crippen molar-refractivity contribution in [3.63, 3.8) is 0 Å². The van der Waals surface area contributed by atoms with E-state index in [0.717, 1.165) is 30.3 Å². The maximum Gasteiger partial charge on any atom is 0.124 e. The molecule has 0 unspecified atom stereocenters. The molecule has 1 saturated heterocycles. The summed E-state index contributed by atoms with van der Waals surface area (Å²) in [7, 11) is 0. The molecule has 3 nitrogen and oxygen atoms in total. The summed E-state index contributed by atoms with van der Waals surface area (Å²) in [5.41, 5.74) is 3.63. The van der Waals surface area contributed by atoms with Crippen molar-refractivity contribution < 1.29 is 9.13 Å². The Labute approximate surface area is 226 Å². The molecule has 0 saturated carbocycles. The summed E-state index contributed by atoms with van der Waals surface area (Å²) in [6.07, 6.45) is 6.24. The smallest absolute Gasteiger partial charge is 0.124 e. The second kappa shape index (κ2) is 13.5. The van der Waals surface area contributed by atoms with Gasteiger partial charge in [0.2, 0.25) is 0 Å². The topological polar surface area (TPSA) is 24.5 Å². The molecule has 0 spiro atoms. The van der Waals surface area contributed by atoms with E-state index in [1.165, 1.54) is 85.8 Å². The number of piperidine rings is 1. The van der Waals surface area contributed by atoms with Gasteiger partial charge in [-0.3, -0.25) is 0 Å². The van der Waals surface area contributed by atoms with Gasteiger partial charge in [0.15, 0.2) is 0 Å². The van der Waals surface area contributed by atoms with Gasteiger partial charge in [0, 0.05) is 12.1 Å². The molecule has 1 aliphatic rings. The number of benzene rings is 4. The first-order chi connectivity index (χ1) is 18.7. The van der Waals surface area contributed by atoms with Crippen LogP contribution in [0, 0.1) is 11.7 Å². The average molecular weight is 511 g/mol. The van der Waals surface area contributed by atoms with Crippen molar-refractivity contribution in [1.29, 1.82) is 0 Å². The summed E-state index contributed by atoms with van der Waals surface area (Å²) in [6.45, 7) is 5.84. The fourth-order valence-corrected chi connectivity index (χ4v) is 5.54. The Kier molecular flexibility index (Phi) is 9.41. The number of unbranched alkanes of at least 4 members (excludes halogenated alkanes) is 1. The molecule has 0 amide bonds. The zero-order valence-corrected chi connectivity index (χ0v) is 22.2. The highest BCUT2D eigenvalue weighted by atomic mass is 19.1. The van der Waals surface area contributed by atoms with Gasteiger partial charge in [0.1, 0.15) is 18.2 Å². The van der Waals surface area contributed by atoms with Gasteiger partial charge in [0.05, 0.1) is 0 Å². The molecule has 1 fully saturated rings. The van der Waals surface area contributed by atoms with Crippen molar-refractivity contribution in [1.82, 2.24) is 10.2 Å². The van der Waals surface area contributed by atoms with E-state index in [4.69, 9.17) is 4.74 Å². The number of likely N-dealkylation sites (tertiary alicyclic amines) is 1. The third kappa shape index (κ3) is 7.43. The normalized spacial score (nSPS) is 14.7. The molecule has 5 rings (SSSR count). The van der Waals surface area contributed by atoms with E-state index in [1.807, 2.05) is 0 Å². The highest BCUT2D eigenvalue weighted by Crippen LogP contribution is 2.29. The fraction of sp³-hybridized carbons (Fsp3) is 0.353. The molecular weight excluding hydrogens is 471 g/mol. The molecule has 0 radical (unpaired) electrons. The van der Waals surface area contributed by atoms with Crippen LogP contribution in [0.3, 0.4) is 0 Å². The highest BCUT2D eigenvalue weighted by molar-refractivity contribution is 5.87. The first-order valence-electron chi connectivity index (χ1n) is 14.1. The summed E-state index contributed by atoms with van der Waals surface area (Å²) in [5.74, 6) is 1.49. The lowest BCUT2D eigenvalue weighted by molar-refractivity contribution is 0.181. The zero-order valence-electron chi connectivity index (χ0n) is 22.2. The summed E-state index contributed by atoms with van der Waals surface area (Å²) in [5, 5.41) is 6.10. The number of rotatable bonds is 12.